The molecule has 0 aliphatic carbocycles. The maximum Gasteiger partial charge on any atom is 0.200 e. The molecule has 2 atom stereocenters. The first-order valence-corrected chi connectivity index (χ1v) is 13.2. The molecule has 0 aliphatic rings. The molecule has 0 fully saturated rings. The number of nitrogens with zero attached hydrogens (tertiary/aromatic N) is 2. The molecule has 0 radical (unpaired) electrons. The highest BCUT2D eigenvalue weighted by atomic mass is 32.2. The van der Waals surface area contributed by atoms with Gasteiger partial charge in [0.25, 0.3) is 0 Å². The van der Waals surface area contributed by atoms with Gasteiger partial charge in [-0.2, -0.15) is 0 Å². The minimum atomic E-state index is -0.267. The molecule has 2 unspecified atom stereocenters. The molecule has 29 heavy (non-hydrogen) atoms. The first kappa shape index (κ1) is 26.4. The van der Waals surface area contributed by atoms with Gasteiger partial charge in [0.2, 0.25) is 0 Å². The minimum absolute atomic E-state index is 0.267. The number of hydrogen-bond acceptors (Lipinski definition) is 4. The van der Waals surface area contributed by atoms with Crippen molar-refractivity contribution in [2.45, 2.75) is 134 Å². The first-order chi connectivity index (χ1) is 14.1. The van der Waals surface area contributed by atoms with Gasteiger partial charge >= 0.3 is 0 Å². The summed E-state index contributed by atoms with van der Waals surface area (Å²) in [4.78, 5) is 4.04. The van der Waals surface area contributed by atoms with E-state index < -0.39 is 0 Å². The van der Waals surface area contributed by atoms with Crippen molar-refractivity contribution >= 4 is 17.7 Å². The lowest BCUT2D eigenvalue weighted by molar-refractivity contribution is 0.246. The molecule has 1 rings (SSSR count). The fourth-order valence-electron chi connectivity index (χ4n) is 3.84. The van der Waals surface area contributed by atoms with Crippen LogP contribution in [-0.2, 0) is 6.54 Å². The molecule has 0 aromatic carbocycles. The Hall–Kier alpha value is -0.680. The summed E-state index contributed by atoms with van der Waals surface area (Å²) in [6.45, 7) is 5.22. The largest absolute Gasteiger partial charge is 0.382 e. The molecule has 3 N–H and O–H groups in total. The summed E-state index contributed by atoms with van der Waals surface area (Å²) in [6, 6.07) is 0. The Kier molecular flexibility index (Phi) is 16.5. The molecule has 0 saturated heterocycles. The molecular formula is C24H47N3OS. The summed E-state index contributed by atoms with van der Waals surface area (Å²) in [5.41, 5.74) is 5.53. The highest BCUT2D eigenvalue weighted by molar-refractivity contribution is 8.00. The van der Waals surface area contributed by atoms with Crippen LogP contribution in [0.4, 0.5) is 5.95 Å². The highest BCUT2D eigenvalue weighted by Crippen LogP contribution is 2.23. The number of unbranched alkanes of at least 4 members (excludes halogenated alkanes) is 14. The Morgan fingerprint density at radius 2 is 1.38 bits per heavy atom. The van der Waals surface area contributed by atoms with Gasteiger partial charge in [-0.3, -0.25) is 0 Å². The van der Waals surface area contributed by atoms with E-state index in [1.807, 2.05) is 10.8 Å². The Bertz CT molecular complexity index is 480. The summed E-state index contributed by atoms with van der Waals surface area (Å²) in [6.07, 6.45) is 25.2. The lowest BCUT2D eigenvalue weighted by Gasteiger charge is -2.17. The van der Waals surface area contributed by atoms with Crippen molar-refractivity contribution < 1.29 is 5.11 Å². The maximum absolute atomic E-state index is 10.2. The smallest absolute Gasteiger partial charge is 0.200 e. The van der Waals surface area contributed by atoms with E-state index in [2.05, 4.69) is 18.8 Å². The number of rotatable bonds is 20. The normalized spacial score (nSPS) is 13.6. The van der Waals surface area contributed by atoms with Gasteiger partial charge in [0.1, 0.15) is 0 Å². The van der Waals surface area contributed by atoms with Gasteiger partial charge in [-0.1, -0.05) is 110 Å². The molecule has 1 heterocycles. The SMILES string of the molecule is CCCCCCCCCCCCCCCCCC(O)SC(C)Cn1ccnc1N. The van der Waals surface area contributed by atoms with Crippen LogP contribution in [0.5, 0.6) is 0 Å². The number of nitrogens with two attached hydrogens (primary N) is 1. The summed E-state index contributed by atoms with van der Waals surface area (Å²) in [5.74, 6) is 0.550. The Morgan fingerprint density at radius 3 is 1.83 bits per heavy atom. The van der Waals surface area contributed by atoms with Crippen molar-refractivity contribution in [3.63, 3.8) is 0 Å². The molecule has 0 bridgehead atoms. The van der Waals surface area contributed by atoms with Crippen LogP contribution >= 0.6 is 11.8 Å². The highest BCUT2D eigenvalue weighted by Gasteiger charge is 2.12. The van der Waals surface area contributed by atoms with Crippen LogP contribution in [0.2, 0.25) is 0 Å². The first-order valence-electron chi connectivity index (χ1n) is 12.2. The fraction of sp³-hybridized carbons (Fsp3) is 0.875. The third-order valence-electron chi connectivity index (χ3n) is 5.65. The summed E-state index contributed by atoms with van der Waals surface area (Å²) < 4.78 is 1.94. The van der Waals surface area contributed by atoms with Crippen molar-refractivity contribution in [2.75, 3.05) is 5.73 Å². The van der Waals surface area contributed by atoms with Crippen LogP contribution < -0.4 is 5.73 Å². The number of imidazole rings is 1. The second-order valence-corrected chi connectivity index (χ2v) is 10.2. The Morgan fingerprint density at radius 1 is 0.897 bits per heavy atom. The van der Waals surface area contributed by atoms with E-state index in [4.69, 9.17) is 5.73 Å². The van der Waals surface area contributed by atoms with Crippen molar-refractivity contribution in [1.82, 2.24) is 9.55 Å². The van der Waals surface area contributed by atoms with E-state index in [1.54, 1.807) is 18.0 Å². The second kappa shape index (κ2) is 18.1. The molecule has 1 aromatic rings. The summed E-state index contributed by atoms with van der Waals surface area (Å²) >= 11 is 1.64. The van der Waals surface area contributed by atoms with Gasteiger partial charge in [0.15, 0.2) is 5.95 Å². The molecule has 1 aromatic heterocycles. The van der Waals surface area contributed by atoms with E-state index >= 15 is 0 Å². The van der Waals surface area contributed by atoms with E-state index in [9.17, 15) is 5.11 Å². The van der Waals surface area contributed by atoms with Crippen LogP contribution in [0.3, 0.4) is 0 Å². The Balaban J connectivity index is 1.82. The quantitative estimate of drug-likeness (QED) is 0.172. The maximum atomic E-state index is 10.2. The number of thioether (sulfide) groups is 1. The minimum Gasteiger partial charge on any atom is -0.382 e. The van der Waals surface area contributed by atoms with Crippen LogP contribution in [0.25, 0.3) is 0 Å². The number of anilines is 1. The van der Waals surface area contributed by atoms with Gasteiger partial charge < -0.3 is 15.4 Å². The molecule has 0 spiro atoms. The predicted molar refractivity (Wildman–Crippen MR) is 129 cm³/mol. The summed E-state index contributed by atoms with van der Waals surface area (Å²) in [5, 5.41) is 10.6. The third-order valence-corrected chi connectivity index (χ3v) is 6.81. The molecule has 4 nitrogen and oxygen atoms in total. The van der Waals surface area contributed by atoms with Crippen molar-refractivity contribution in [3.05, 3.63) is 12.4 Å². The van der Waals surface area contributed by atoms with Crippen molar-refractivity contribution in [3.8, 4) is 0 Å². The predicted octanol–water partition coefficient (Wildman–Crippen LogP) is 7.17. The number of aromatic nitrogens is 2. The number of aliphatic hydroxyl groups excluding tert-OH is 1. The van der Waals surface area contributed by atoms with E-state index in [-0.39, 0.29) is 5.44 Å². The monoisotopic (exact) mass is 425 g/mol. The zero-order valence-corrected chi connectivity index (χ0v) is 20.0. The number of aliphatic hydroxyl groups is 1. The third kappa shape index (κ3) is 14.9. The van der Waals surface area contributed by atoms with Crippen molar-refractivity contribution in [2.24, 2.45) is 0 Å². The van der Waals surface area contributed by atoms with Crippen LogP contribution in [-0.4, -0.2) is 25.3 Å². The molecule has 0 saturated carbocycles. The number of nitrogen functional groups attached to an aromatic ring is 1. The van der Waals surface area contributed by atoms with Gasteiger partial charge in [-0.25, -0.2) is 4.98 Å². The zero-order chi connectivity index (χ0) is 21.2. The van der Waals surface area contributed by atoms with Gasteiger partial charge in [-0.05, 0) is 6.42 Å². The zero-order valence-electron chi connectivity index (χ0n) is 19.2. The average molecular weight is 426 g/mol. The number of hydrogen-bond donors (Lipinski definition) is 2. The van der Waals surface area contributed by atoms with E-state index in [0.29, 0.717) is 11.2 Å². The van der Waals surface area contributed by atoms with Crippen LogP contribution in [0.1, 0.15) is 117 Å². The van der Waals surface area contributed by atoms with E-state index in [0.717, 1.165) is 19.4 Å². The average Bonchev–Trinajstić information content (AvgIpc) is 3.09. The van der Waals surface area contributed by atoms with Gasteiger partial charge in [0, 0.05) is 24.2 Å². The van der Waals surface area contributed by atoms with Crippen LogP contribution in [0, 0.1) is 0 Å². The Labute approximate surface area is 184 Å². The molecule has 0 amide bonds. The van der Waals surface area contributed by atoms with Crippen molar-refractivity contribution in [1.29, 1.82) is 0 Å². The second-order valence-electron chi connectivity index (χ2n) is 8.58. The lowest BCUT2D eigenvalue weighted by Crippen LogP contribution is -2.15. The topological polar surface area (TPSA) is 64.1 Å². The van der Waals surface area contributed by atoms with E-state index in [1.165, 1.54) is 89.9 Å². The van der Waals surface area contributed by atoms with Crippen LogP contribution in [0.15, 0.2) is 12.4 Å². The molecular weight excluding hydrogens is 378 g/mol. The molecule has 0 aliphatic heterocycles. The van der Waals surface area contributed by atoms with Gasteiger partial charge in [-0.15, -0.1) is 11.8 Å². The lowest BCUT2D eigenvalue weighted by atomic mass is 10.0. The molecule has 170 valence electrons. The standard InChI is InChI=1S/C24H47N3OS/c1-3-4-5-6-7-8-9-10-11-12-13-14-15-16-17-18-23(28)29-22(2)21-27-20-19-26-24(27)25/h19-20,22-23,28H,3-18,21H2,1-2H3,(H2,25,26). The molecule has 5 heteroatoms. The fourth-order valence-corrected chi connectivity index (χ4v) is 4.93. The summed E-state index contributed by atoms with van der Waals surface area (Å²) in [7, 11) is 0. The van der Waals surface area contributed by atoms with Gasteiger partial charge in [0.05, 0.1) is 5.44 Å².